The molecular formula is C14H17F2N3O2. The Morgan fingerprint density at radius 1 is 1.33 bits per heavy atom. The van der Waals surface area contributed by atoms with Crippen molar-refractivity contribution in [1.29, 1.82) is 0 Å². The molecule has 0 atom stereocenters. The van der Waals surface area contributed by atoms with E-state index in [-0.39, 0.29) is 18.8 Å². The SMILES string of the molecule is C.Cc1cc(C)c(-n2ncc(C(F)F)c(C)c2=O)[n+]([O-])c1. The maximum Gasteiger partial charge on any atom is 0.362 e. The average Bonchev–Trinajstić information content (AvgIpc) is 2.32. The van der Waals surface area contributed by atoms with Gasteiger partial charge in [0, 0.05) is 5.56 Å². The molecule has 7 heteroatoms. The number of halogens is 2. The van der Waals surface area contributed by atoms with Gasteiger partial charge in [-0.1, -0.05) is 17.2 Å². The summed E-state index contributed by atoms with van der Waals surface area (Å²) in [5.41, 5.74) is 0.0109. The van der Waals surface area contributed by atoms with Crippen molar-refractivity contribution in [2.75, 3.05) is 0 Å². The molecule has 0 unspecified atom stereocenters. The first-order chi connectivity index (χ1) is 9.32. The van der Waals surface area contributed by atoms with Crippen LogP contribution in [-0.2, 0) is 0 Å². The summed E-state index contributed by atoms with van der Waals surface area (Å²) in [5, 5.41) is 15.6. The molecule has 0 amide bonds. The van der Waals surface area contributed by atoms with E-state index in [4.69, 9.17) is 0 Å². The van der Waals surface area contributed by atoms with E-state index in [1.165, 1.54) is 13.1 Å². The van der Waals surface area contributed by atoms with Gasteiger partial charge in [-0.05, 0) is 32.4 Å². The van der Waals surface area contributed by atoms with Crippen molar-refractivity contribution in [1.82, 2.24) is 9.78 Å². The number of aryl methyl sites for hydroxylation is 2. The third-order valence-corrected chi connectivity index (χ3v) is 3.02. The van der Waals surface area contributed by atoms with Gasteiger partial charge in [0.05, 0.1) is 23.5 Å². The van der Waals surface area contributed by atoms with Crippen molar-refractivity contribution in [3.05, 3.63) is 56.3 Å². The Labute approximate surface area is 121 Å². The fraction of sp³-hybridized carbons (Fsp3) is 0.357. The Morgan fingerprint density at radius 2 is 1.95 bits per heavy atom. The third kappa shape index (κ3) is 2.91. The van der Waals surface area contributed by atoms with E-state index in [9.17, 15) is 18.8 Å². The van der Waals surface area contributed by atoms with Gasteiger partial charge in [-0.3, -0.25) is 0 Å². The van der Waals surface area contributed by atoms with Gasteiger partial charge in [0.2, 0.25) is 0 Å². The number of hydrogen-bond acceptors (Lipinski definition) is 3. The first-order valence-corrected chi connectivity index (χ1v) is 5.90. The van der Waals surface area contributed by atoms with Crippen LogP contribution in [0.15, 0.2) is 23.3 Å². The van der Waals surface area contributed by atoms with Crippen molar-refractivity contribution >= 4 is 0 Å². The van der Waals surface area contributed by atoms with Crippen LogP contribution in [0.4, 0.5) is 8.78 Å². The highest BCUT2D eigenvalue weighted by atomic mass is 19.3. The quantitative estimate of drug-likeness (QED) is 0.631. The number of nitrogens with zero attached hydrogens (tertiary/aromatic N) is 3. The number of hydrogen-bond donors (Lipinski definition) is 0. The van der Waals surface area contributed by atoms with E-state index in [1.807, 2.05) is 0 Å². The second-order valence-corrected chi connectivity index (χ2v) is 4.59. The summed E-state index contributed by atoms with van der Waals surface area (Å²) >= 11 is 0. The van der Waals surface area contributed by atoms with E-state index >= 15 is 0 Å². The van der Waals surface area contributed by atoms with Gasteiger partial charge in [0.15, 0.2) is 0 Å². The molecule has 0 N–H and O–H groups in total. The van der Waals surface area contributed by atoms with E-state index in [2.05, 4.69) is 5.10 Å². The highest BCUT2D eigenvalue weighted by molar-refractivity contribution is 5.31. The predicted molar refractivity (Wildman–Crippen MR) is 74.7 cm³/mol. The molecule has 0 radical (unpaired) electrons. The molecule has 0 aliphatic carbocycles. The predicted octanol–water partition coefficient (Wildman–Crippen LogP) is 2.36. The molecule has 5 nitrogen and oxygen atoms in total. The largest absolute Gasteiger partial charge is 0.711 e. The van der Waals surface area contributed by atoms with Crippen molar-refractivity contribution in [3.63, 3.8) is 0 Å². The molecule has 2 heterocycles. The standard InChI is InChI=1S/C13H13F2N3O2.CH4/c1-7-4-8(2)12(17(20)6-7)18-13(19)9(3)10(5-16-18)11(14)15;/h4-6,11H,1-3H3;1H4. The molecule has 2 aromatic rings. The first kappa shape index (κ1) is 16.7. The minimum atomic E-state index is -2.77. The van der Waals surface area contributed by atoms with Gasteiger partial charge >= 0.3 is 11.4 Å². The lowest BCUT2D eigenvalue weighted by Crippen LogP contribution is -2.39. The van der Waals surface area contributed by atoms with Crippen LogP contribution in [0.25, 0.3) is 5.82 Å². The second kappa shape index (κ2) is 5.99. The van der Waals surface area contributed by atoms with Crippen LogP contribution in [0, 0.1) is 26.0 Å². The van der Waals surface area contributed by atoms with E-state index in [1.54, 1.807) is 19.9 Å². The third-order valence-electron chi connectivity index (χ3n) is 3.02. The Hall–Kier alpha value is -2.31. The average molecular weight is 297 g/mol. The highest BCUT2D eigenvalue weighted by Gasteiger charge is 2.22. The smallest absolute Gasteiger partial charge is 0.362 e. The van der Waals surface area contributed by atoms with Crippen LogP contribution in [0.1, 0.15) is 36.1 Å². The molecule has 2 rings (SSSR count). The number of rotatable bonds is 2. The number of aromatic nitrogens is 3. The van der Waals surface area contributed by atoms with E-state index in [0.717, 1.165) is 16.4 Å². The topological polar surface area (TPSA) is 61.8 Å². The Balaban J connectivity index is 0.00000220. The molecule has 2 aromatic heterocycles. The van der Waals surface area contributed by atoms with Crippen LogP contribution >= 0.6 is 0 Å². The maximum absolute atomic E-state index is 12.7. The molecule has 0 fully saturated rings. The molecule has 0 aliphatic heterocycles. The highest BCUT2D eigenvalue weighted by Crippen LogP contribution is 2.19. The first-order valence-electron chi connectivity index (χ1n) is 5.90. The lowest BCUT2D eigenvalue weighted by molar-refractivity contribution is -0.601. The Morgan fingerprint density at radius 3 is 2.48 bits per heavy atom. The Kier molecular flexibility index (Phi) is 4.77. The molecule has 114 valence electrons. The zero-order chi connectivity index (χ0) is 15.0. The van der Waals surface area contributed by atoms with Gasteiger partial charge in [-0.2, -0.15) is 0 Å². The molecule has 0 aromatic carbocycles. The van der Waals surface area contributed by atoms with Crippen LogP contribution in [-0.4, -0.2) is 9.78 Å². The molecule has 0 spiro atoms. The zero-order valence-corrected chi connectivity index (χ0v) is 11.2. The zero-order valence-electron chi connectivity index (χ0n) is 11.2. The minimum Gasteiger partial charge on any atom is -0.711 e. The van der Waals surface area contributed by atoms with Gasteiger partial charge in [0.25, 0.3) is 6.43 Å². The van der Waals surface area contributed by atoms with Crippen LogP contribution in [0.2, 0.25) is 0 Å². The fourth-order valence-corrected chi connectivity index (χ4v) is 2.05. The van der Waals surface area contributed by atoms with Crippen molar-refractivity contribution in [2.24, 2.45) is 0 Å². The molecule has 0 saturated carbocycles. The summed E-state index contributed by atoms with van der Waals surface area (Å²) in [4.78, 5) is 12.1. The van der Waals surface area contributed by atoms with Gasteiger partial charge in [0.1, 0.15) is 0 Å². The van der Waals surface area contributed by atoms with Gasteiger partial charge in [-0.25, -0.2) is 18.3 Å². The van der Waals surface area contributed by atoms with E-state index in [0.29, 0.717) is 10.3 Å². The summed E-state index contributed by atoms with van der Waals surface area (Å²) in [7, 11) is 0. The molecule has 0 saturated heterocycles. The summed E-state index contributed by atoms with van der Waals surface area (Å²) in [6.07, 6.45) is -0.559. The molecular weight excluding hydrogens is 280 g/mol. The summed E-state index contributed by atoms with van der Waals surface area (Å²) in [6, 6.07) is 1.72. The lowest BCUT2D eigenvalue weighted by Gasteiger charge is -2.11. The lowest BCUT2D eigenvalue weighted by atomic mass is 10.2. The maximum atomic E-state index is 12.7. The van der Waals surface area contributed by atoms with Crippen LogP contribution < -0.4 is 10.3 Å². The van der Waals surface area contributed by atoms with Crippen molar-refractivity contribution < 1.29 is 13.5 Å². The molecule has 0 bridgehead atoms. The van der Waals surface area contributed by atoms with E-state index < -0.39 is 17.5 Å². The van der Waals surface area contributed by atoms with Crippen molar-refractivity contribution in [3.8, 4) is 5.82 Å². The normalized spacial score (nSPS) is 10.6. The van der Waals surface area contributed by atoms with Gasteiger partial charge < -0.3 is 5.21 Å². The van der Waals surface area contributed by atoms with Crippen LogP contribution in [0.3, 0.4) is 0 Å². The minimum absolute atomic E-state index is 0. The number of pyridine rings is 1. The summed E-state index contributed by atoms with van der Waals surface area (Å²) < 4.78 is 26.8. The van der Waals surface area contributed by atoms with Crippen LogP contribution in [0.5, 0.6) is 0 Å². The Bertz CT molecular complexity index is 704. The molecule has 21 heavy (non-hydrogen) atoms. The second-order valence-electron chi connectivity index (χ2n) is 4.59. The monoisotopic (exact) mass is 297 g/mol. The fourth-order valence-electron chi connectivity index (χ4n) is 2.05. The number of alkyl halides is 2. The van der Waals surface area contributed by atoms with Gasteiger partial charge in [-0.15, -0.1) is 0 Å². The molecule has 0 aliphatic rings. The summed E-state index contributed by atoms with van der Waals surface area (Å²) in [6.45, 7) is 4.69. The van der Waals surface area contributed by atoms with Crippen molar-refractivity contribution in [2.45, 2.75) is 34.6 Å². The summed E-state index contributed by atoms with van der Waals surface area (Å²) in [5.74, 6) is 0.0181.